The number of nitrogens with one attached hydrogen (secondary N) is 1. The quantitative estimate of drug-likeness (QED) is 0.441. The van der Waals surface area contributed by atoms with Crippen LogP contribution in [0.5, 0.6) is 5.75 Å². The lowest BCUT2D eigenvalue weighted by atomic mass is 10.1. The van der Waals surface area contributed by atoms with Gasteiger partial charge in [-0.05, 0) is 66.1 Å². The average molecular weight is 444 g/mol. The van der Waals surface area contributed by atoms with E-state index in [0.29, 0.717) is 17.1 Å². The molecule has 3 aromatic carbocycles. The Labute approximate surface area is 191 Å². The van der Waals surface area contributed by atoms with Gasteiger partial charge in [0.2, 0.25) is 0 Å². The largest absolute Gasteiger partial charge is 0.497 e. The van der Waals surface area contributed by atoms with Crippen LogP contribution < -0.4 is 15.0 Å². The number of carbonyl (C=O) groups excluding carboxylic acids is 1. The maximum Gasteiger partial charge on any atom is 0.251 e. The van der Waals surface area contributed by atoms with Gasteiger partial charge in [-0.15, -0.1) is 0 Å². The zero-order valence-electron chi connectivity index (χ0n) is 17.6. The van der Waals surface area contributed by atoms with Crippen LogP contribution in [0.15, 0.2) is 72.8 Å². The molecule has 1 aromatic heterocycles. The van der Waals surface area contributed by atoms with Gasteiger partial charge in [-0.2, -0.15) is 0 Å². The number of fused-ring (bicyclic) bond motifs is 2. The van der Waals surface area contributed by atoms with Crippen molar-refractivity contribution < 1.29 is 9.53 Å². The Morgan fingerprint density at radius 1 is 1.09 bits per heavy atom. The molecule has 2 heterocycles. The Morgan fingerprint density at radius 3 is 2.69 bits per heavy atom. The summed E-state index contributed by atoms with van der Waals surface area (Å²) in [6.45, 7) is 1.24. The Morgan fingerprint density at radius 2 is 1.91 bits per heavy atom. The average Bonchev–Trinajstić information content (AvgIpc) is 3.24. The van der Waals surface area contributed by atoms with E-state index in [2.05, 4.69) is 16.3 Å². The van der Waals surface area contributed by atoms with Crippen molar-refractivity contribution in [2.75, 3.05) is 18.6 Å². The summed E-state index contributed by atoms with van der Waals surface area (Å²) in [5, 5.41) is 4.69. The van der Waals surface area contributed by atoms with Gasteiger partial charge in [-0.25, -0.2) is 4.98 Å². The highest BCUT2D eigenvalue weighted by Crippen LogP contribution is 2.35. The number of halogens is 1. The van der Waals surface area contributed by atoms with Crippen LogP contribution in [0.4, 0.5) is 11.5 Å². The lowest BCUT2D eigenvalue weighted by molar-refractivity contribution is 0.0951. The number of aromatic nitrogens is 1. The minimum Gasteiger partial charge on any atom is -0.497 e. The van der Waals surface area contributed by atoms with Crippen LogP contribution in [0.25, 0.3) is 10.9 Å². The van der Waals surface area contributed by atoms with Gasteiger partial charge in [0.1, 0.15) is 11.6 Å². The van der Waals surface area contributed by atoms with Crippen LogP contribution in [0.1, 0.15) is 21.5 Å². The first-order valence-corrected chi connectivity index (χ1v) is 10.9. The normalized spacial score (nSPS) is 12.6. The fourth-order valence-electron chi connectivity index (χ4n) is 4.03. The third-order valence-corrected chi connectivity index (χ3v) is 6.15. The van der Waals surface area contributed by atoms with Gasteiger partial charge < -0.3 is 15.0 Å². The van der Waals surface area contributed by atoms with Gasteiger partial charge in [0.15, 0.2) is 0 Å². The summed E-state index contributed by atoms with van der Waals surface area (Å²) < 4.78 is 5.34. The number of carbonyl (C=O) groups is 1. The van der Waals surface area contributed by atoms with E-state index in [1.165, 1.54) is 5.56 Å². The third kappa shape index (κ3) is 3.87. The van der Waals surface area contributed by atoms with E-state index in [1.54, 1.807) is 7.11 Å². The third-order valence-electron chi connectivity index (χ3n) is 5.78. The van der Waals surface area contributed by atoms with E-state index in [1.807, 2.05) is 66.7 Å². The Kier molecular flexibility index (Phi) is 5.41. The van der Waals surface area contributed by atoms with E-state index in [9.17, 15) is 4.79 Å². The number of nitrogens with zero attached hydrogens (tertiary/aromatic N) is 2. The summed E-state index contributed by atoms with van der Waals surface area (Å²) in [5.74, 6) is 1.62. The molecule has 0 saturated carbocycles. The fraction of sp³-hybridized carbons (Fsp3) is 0.154. The minimum atomic E-state index is -0.130. The maximum absolute atomic E-state index is 12.6. The monoisotopic (exact) mass is 443 g/mol. The molecule has 6 heteroatoms. The van der Waals surface area contributed by atoms with E-state index >= 15 is 0 Å². The zero-order valence-corrected chi connectivity index (χ0v) is 18.4. The molecule has 32 heavy (non-hydrogen) atoms. The predicted molar refractivity (Wildman–Crippen MR) is 128 cm³/mol. The van der Waals surface area contributed by atoms with Crippen molar-refractivity contribution in [1.29, 1.82) is 0 Å². The van der Waals surface area contributed by atoms with Crippen LogP contribution in [-0.2, 0) is 13.0 Å². The second-order valence-corrected chi connectivity index (χ2v) is 8.16. The number of benzene rings is 3. The maximum atomic E-state index is 12.6. The molecule has 0 bridgehead atoms. The van der Waals surface area contributed by atoms with Crippen molar-refractivity contribution in [2.45, 2.75) is 13.0 Å². The second kappa shape index (κ2) is 8.52. The fourth-order valence-corrected chi connectivity index (χ4v) is 4.23. The van der Waals surface area contributed by atoms with Crippen LogP contribution in [-0.4, -0.2) is 24.5 Å². The van der Waals surface area contributed by atoms with Gasteiger partial charge in [-0.1, -0.05) is 29.8 Å². The molecule has 0 aliphatic carbocycles. The minimum absolute atomic E-state index is 0.130. The van der Waals surface area contributed by atoms with Crippen LogP contribution >= 0.6 is 11.6 Å². The molecule has 5 nitrogen and oxygen atoms in total. The van der Waals surface area contributed by atoms with Gasteiger partial charge in [0.25, 0.3) is 5.91 Å². The highest BCUT2D eigenvalue weighted by molar-refractivity contribution is 6.31. The number of ether oxygens (including phenoxy) is 1. The van der Waals surface area contributed by atoms with Crippen LogP contribution in [0.3, 0.4) is 0 Å². The molecule has 0 atom stereocenters. The van der Waals surface area contributed by atoms with Gasteiger partial charge in [-0.3, -0.25) is 4.79 Å². The molecule has 4 aromatic rings. The number of hydrogen-bond acceptors (Lipinski definition) is 4. The summed E-state index contributed by atoms with van der Waals surface area (Å²) in [7, 11) is 1.66. The molecule has 0 fully saturated rings. The molecule has 0 unspecified atom stereocenters. The summed E-state index contributed by atoms with van der Waals surface area (Å²) in [4.78, 5) is 19.7. The summed E-state index contributed by atoms with van der Waals surface area (Å²) in [5.41, 5.74) is 4.65. The number of hydrogen-bond donors (Lipinski definition) is 1. The molecule has 1 amide bonds. The topological polar surface area (TPSA) is 54.5 Å². The van der Waals surface area contributed by atoms with E-state index in [4.69, 9.17) is 21.3 Å². The standard InChI is InChI=1S/C26H22ClN3O2/c1-32-22-11-8-18-14-19-12-13-30(25(19)29-24(18)15-22)21-9-6-17(7-10-21)26(31)28-16-20-4-2-3-5-23(20)27/h2-11,14-15H,12-13,16H2,1H3,(H,28,31). The molecule has 0 spiro atoms. The highest BCUT2D eigenvalue weighted by Gasteiger charge is 2.23. The predicted octanol–water partition coefficient (Wildman–Crippen LogP) is 5.52. The molecule has 1 aliphatic rings. The molecule has 1 aliphatic heterocycles. The molecule has 1 N–H and O–H groups in total. The number of methoxy groups -OCH3 is 1. The highest BCUT2D eigenvalue weighted by atomic mass is 35.5. The summed E-state index contributed by atoms with van der Waals surface area (Å²) >= 11 is 6.17. The van der Waals surface area contributed by atoms with Crippen molar-refractivity contribution in [3.8, 4) is 5.75 Å². The Bertz CT molecular complexity index is 1300. The van der Waals surface area contributed by atoms with E-state index in [-0.39, 0.29) is 5.91 Å². The second-order valence-electron chi connectivity index (χ2n) is 7.75. The zero-order chi connectivity index (χ0) is 22.1. The van der Waals surface area contributed by atoms with Crippen LogP contribution in [0, 0.1) is 0 Å². The number of pyridine rings is 1. The first-order valence-electron chi connectivity index (χ1n) is 10.5. The summed E-state index contributed by atoms with van der Waals surface area (Å²) in [6.07, 6.45) is 0.935. The van der Waals surface area contributed by atoms with E-state index in [0.717, 1.165) is 46.7 Å². The Balaban J connectivity index is 1.34. The molecule has 0 radical (unpaired) electrons. The number of amides is 1. The van der Waals surface area contributed by atoms with Gasteiger partial charge in [0.05, 0.1) is 12.6 Å². The molecule has 0 saturated heterocycles. The Hall–Kier alpha value is -3.57. The lowest BCUT2D eigenvalue weighted by Gasteiger charge is -2.19. The molecule has 160 valence electrons. The first-order chi connectivity index (χ1) is 15.6. The summed E-state index contributed by atoms with van der Waals surface area (Å²) in [6, 6.07) is 23.3. The van der Waals surface area contributed by atoms with Crippen molar-refractivity contribution in [3.63, 3.8) is 0 Å². The molecular weight excluding hydrogens is 422 g/mol. The lowest BCUT2D eigenvalue weighted by Crippen LogP contribution is -2.23. The van der Waals surface area contributed by atoms with Gasteiger partial charge >= 0.3 is 0 Å². The molecular formula is C26H22ClN3O2. The molecule has 5 rings (SSSR count). The van der Waals surface area contributed by atoms with Crippen molar-refractivity contribution >= 4 is 39.9 Å². The van der Waals surface area contributed by atoms with E-state index < -0.39 is 0 Å². The number of rotatable bonds is 5. The first kappa shape index (κ1) is 20.3. The van der Waals surface area contributed by atoms with Crippen molar-refractivity contribution in [1.82, 2.24) is 10.3 Å². The SMILES string of the molecule is COc1ccc2cc3c(nc2c1)N(c1ccc(C(=O)NCc2ccccc2Cl)cc1)CC3. The van der Waals surface area contributed by atoms with Crippen molar-refractivity contribution in [2.24, 2.45) is 0 Å². The smallest absolute Gasteiger partial charge is 0.251 e. The van der Waals surface area contributed by atoms with Crippen molar-refractivity contribution in [3.05, 3.63) is 94.5 Å². The number of anilines is 2. The van der Waals surface area contributed by atoms with Gasteiger partial charge in [0, 0.05) is 40.8 Å². The van der Waals surface area contributed by atoms with Crippen LogP contribution in [0.2, 0.25) is 5.02 Å².